The fraction of sp³-hybridized carbons (Fsp3) is 0.172. The lowest BCUT2D eigenvalue weighted by atomic mass is 10.1. The molecule has 0 aliphatic carbocycles. The van der Waals surface area contributed by atoms with Gasteiger partial charge in [-0.05, 0) is 86.0 Å². The van der Waals surface area contributed by atoms with E-state index in [-0.39, 0.29) is 22.3 Å². The summed E-state index contributed by atoms with van der Waals surface area (Å²) in [6.07, 6.45) is 0.695. The normalized spacial score (nSPS) is 13.1. The Morgan fingerprint density at radius 3 is 2.21 bits per heavy atom. The van der Waals surface area contributed by atoms with Crippen LogP contribution in [-0.4, -0.2) is 30.3 Å². The van der Waals surface area contributed by atoms with E-state index in [2.05, 4.69) is 10.6 Å². The summed E-state index contributed by atoms with van der Waals surface area (Å²) in [7, 11) is 0. The molecule has 2 N–H and O–H groups in total. The first-order valence-corrected chi connectivity index (χ1v) is 12.4. The van der Waals surface area contributed by atoms with Gasteiger partial charge in [-0.25, -0.2) is 9.69 Å². The molecule has 194 valence electrons. The fourth-order valence-corrected chi connectivity index (χ4v) is 4.22. The number of benzene rings is 3. The summed E-state index contributed by atoms with van der Waals surface area (Å²) in [5, 5.41) is 5.47. The molecular formula is C29H26ClN3O5. The average Bonchev–Trinajstić information content (AvgIpc) is 3.09. The van der Waals surface area contributed by atoms with Gasteiger partial charge in [-0.1, -0.05) is 30.7 Å². The molecule has 38 heavy (non-hydrogen) atoms. The first-order valence-electron chi connectivity index (χ1n) is 12.0. The molecular weight excluding hydrogens is 506 g/mol. The van der Waals surface area contributed by atoms with Crippen molar-refractivity contribution >= 4 is 52.4 Å². The number of hydrogen-bond acceptors (Lipinski definition) is 6. The van der Waals surface area contributed by atoms with E-state index in [1.165, 1.54) is 24.3 Å². The molecule has 3 amide bonds. The maximum atomic E-state index is 13.1. The molecule has 0 saturated carbocycles. The number of imide groups is 1. The van der Waals surface area contributed by atoms with Gasteiger partial charge in [0.25, 0.3) is 17.7 Å². The number of anilines is 3. The largest absolute Gasteiger partial charge is 0.462 e. The molecule has 1 aliphatic rings. The van der Waals surface area contributed by atoms with Crippen LogP contribution in [0.2, 0.25) is 0 Å². The number of ether oxygens (including phenoxy) is 1. The highest BCUT2D eigenvalue weighted by Gasteiger charge is 2.39. The Hall–Kier alpha value is -4.43. The van der Waals surface area contributed by atoms with E-state index in [9.17, 15) is 19.2 Å². The minimum Gasteiger partial charge on any atom is -0.462 e. The Morgan fingerprint density at radius 2 is 1.55 bits per heavy atom. The van der Waals surface area contributed by atoms with Crippen molar-refractivity contribution in [2.45, 2.75) is 27.2 Å². The second-order valence-corrected chi connectivity index (χ2v) is 9.23. The monoisotopic (exact) mass is 531 g/mol. The van der Waals surface area contributed by atoms with Crippen LogP contribution >= 0.6 is 11.6 Å². The molecule has 1 heterocycles. The van der Waals surface area contributed by atoms with Gasteiger partial charge in [-0.2, -0.15) is 0 Å². The Morgan fingerprint density at radius 1 is 0.868 bits per heavy atom. The topological polar surface area (TPSA) is 105 Å². The summed E-state index contributed by atoms with van der Waals surface area (Å²) in [5.74, 6) is -2.18. The lowest BCUT2D eigenvalue weighted by Crippen LogP contribution is -2.32. The molecule has 3 aromatic rings. The fourth-order valence-electron chi connectivity index (χ4n) is 4.00. The van der Waals surface area contributed by atoms with Gasteiger partial charge in [0.05, 0.1) is 17.9 Å². The van der Waals surface area contributed by atoms with Crippen molar-refractivity contribution in [3.63, 3.8) is 0 Å². The van der Waals surface area contributed by atoms with Crippen LogP contribution in [0.25, 0.3) is 0 Å². The van der Waals surface area contributed by atoms with Crippen LogP contribution < -0.4 is 15.5 Å². The van der Waals surface area contributed by atoms with Crippen molar-refractivity contribution in [3.05, 3.63) is 99.7 Å². The van der Waals surface area contributed by atoms with Crippen molar-refractivity contribution in [1.29, 1.82) is 0 Å². The number of aryl methyl sites for hydroxylation is 2. The lowest BCUT2D eigenvalue weighted by Gasteiger charge is -2.15. The van der Waals surface area contributed by atoms with E-state index in [1.807, 2.05) is 39.0 Å². The molecule has 0 aromatic heterocycles. The second kappa shape index (κ2) is 11.3. The maximum absolute atomic E-state index is 13.1. The molecule has 8 nitrogen and oxygen atoms in total. The number of esters is 1. The molecule has 1 aliphatic heterocycles. The molecule has 3 aromatic carbocycles. The molecule has 0 spiro atoms. The predicted octanol–water partition coefficient (Wildman–Crippen LogP) is 5.56. The highest BCUT2D eigenvalue weighted by Crippen LogP contribution is 2.30. The summed E-state index contributed by atoms with van der Waals surface area (Å²) in [4.78, 5) is 51.8. The molecule has 0 fully saturated rings. The van der Waals surface area contributed by atoms with Gasteiger partial charge in [-0.3, -0.25) is 14.4 Å². The first kappa shape index (κ1) is 26.6. The minimum atomic E-state index is -0.704. The molecule has 9 heteroatoms. The van der Waals surface area contributed by atoms with Gasteiger partial charge in [0.2, 0.25) is 0 Å². The molecule has 0 bridgehead atoms. The standard InChI is InChI=1S/C29H26ClN3O5/c1-4-12-38-29(37)19-8-10-23(11-9-19)33-27(35)24(30)25(28(33)36)31-21-7-5-6-20(16-21)26(34)32-22-14-17(2)13-18(3)15-22/h5-11,13-16,31H,4,12H2,1-3H3,(H,32,34). The number of carbonyl (C=O) groups excluding carboxylic acids is 4. The van der Waals surface area contributed by atoms with Crippen LogP contribution in [-0.2, 0) is 14.3 Å². The minimum absolute atomic E-state index is 0.116. The van der Waals surface area contributed by atoms with Crippen molar-refractivity contribution in [3.8, 4) is 0 Å². The SMILES string of the molecule is CCCOC(=O)c1ccc(N2C(=O)C(Cl)=C(Nc3cccc(C(=O)Nc4cc(C)cc(C)c4)c3)C2=O)cc1. The van der Waals surface area contributed by atoms with E-state index in [0.29, 0.717) is 35.5 Å². The van der Waals surface area contributed by atoms with Crippen LogP contribution in [0.1, 0.15) is 45.2 Å². The molecule has 0 saturated heterocycles. The molecule has 0 radical (unpaired) electrons. The van der Waals surface area contributed by atoms with Gasteiger partial charge >= 0.3 is 5.97 Å². The van der Waals surface area contributed by atoms with Gasteiger partial charge in [-0.15, -0.1) is 0 Å². The zero-order chi connectivity index (χ0) is 27.4. The van der Waals surface area contributed by atoms with Gasteiger partial charge < -0.3 is 15.4 Å². The Balaban J connectivity index is 1.49. The van der Waals surface area contributed by atoms with E-state index < -0.39 is 17.8 Å². The van der Waals surface area contributed by atoms with E-state index in [4.69, 9.17) is 16.3 Å². The highest BCUT2D eigenvalue weighted by atomic mass is 35.5. The number of halogens is 1. The van der Waals surface area contributed by atoms with Crippen LogP contribution in [0.15, 0.2) is 77.5 Å². The number of carbonyl (C=O) groups is 4. The summed E-state index contributed by atoms with van der Waals surface area (Å²) < 4.78 is 5.10. The summed E-state index contributed by atoms with van der Waals surface area (Å²) in [6.45, 7) is 6.08. The number of hydrogen-bond donors (Lipinski definition) is 2. The summed E-state index contributed by atoms with van der Waals surface area (Å²) in [6, 6.07) is 18.2. The third-order valence-electron chi connectivity index (χ3n) is 5.70. The molecule has 0 atom stereocenters. The van der Waals surface area contributed by atoms with Crippen LogP contribution in [0.3, 0.4) is 0 Å². The van der Waals surface area contributed by atoms with Gasteiger partial charge in [0, 0.05) is 16.9 Å². The van der Waals surface area contributed by atoms with Crippen molar-refractivity contribution in [1.82, 2.24) is 0 Å². The number of nitrogens with zero attached hydrogens (tertiary/aromatic N) is 1. The maximum Gasteiger partial charge on any atom is 0.338 e. The lowest BCUT2D eigenvalue weighted by molar-refractivity contribution is -0.120. The van der Waals surface area contributed by atoms with E-state index >= 15 is 0 Å². The summed E-state index contributed by atoms with van der Waals surface area (Å²) in [5.41, 5.74) is 3.92. The zero-order valence-corrected chi connectivity index (χ0v) is 21.9. The smallest absolute Gasteiger partial charge is 0.338 e. The van der Waals surface area contributed by atoms with Crippen molar-refractivity contribution in [2.75, 3.05) is 22.1 Å². The van der Waals surface area contributed by atoms with Crippen LogP contribution in [0.4, 0.5) is 17.1 Å². The first-order chi connectivity index (χ1) is 18.2. The number of nitrogens with one attached hydrogen (secondary N) is 2. The predicted molar refractivity (Wildman–Crippen MR) is 146 cm³/mol. The molecule has 4 rings (SSSR count). The molecule has 0 unspecified atom stereocenters. The third kappa shape index (κ3) is 5.76. The van der Waals surface area contributed by atoms with Crippen molar-refractivity contribution in [2.24, 2.45) is 0 Å². The van der Waals surface area contributed by atoms with E-state index in [1.54, 1.807) is 24.3 Å². The Kier molecular flexibility index (Phi) is 7.93. The second-order valence-electron chi connectivity index (χ2n) is 8.85. The number of rotatable bonds is 8. The Bertz CT molecular complexity index is 1440. The number of amides is 3. The van der Waals surface area contributed by atoms with Gasteiger partial charge in [0.15, 0.2) is 0 Å². The Labute approximate surface area is 225 Å². The third-order valence-corrected chi connectivity index (χ3v) is 6.05. The van der Waals surface area contributed by atoms with Crippen LogP contribution in [0.5, 0.6) is 0 Å². The summed E-state index contributed by atoms with van der Waals surface area (Å²) >= 11 is 6.25. The highest BCUT2D eigenvalue weighted by molar-refractivity contribution is 6.53. The average molecular weight is 532 g/mol. The van der Waals surface area contributed by atoms with Crippen molar-refractivity contribution < 1.29 is 23.9 Å². The quantitative estimate of drug-likeness (QED) is 0.291. The van der Waals surface area contributed by atoms with E-state index in [0.717, 1.165) is 16.0 Å². The van der Waals surface area contributed by atoms with Crippen LogP contribution in [0, 0.1) is 13.8 Å². The van der Waals surface area contributed by atoms with Gasteiger partial charge in [0.1, 0.15) is 10.7 Å². The zero-order valence-electron chi connectivity index (χ0n) is 21.1.